The average Bonchev–Trinajstić information content (AvgIpc) is 2.19. The zero-order valence-corrected chi connectivity index (χ0v) is 7.68. The Morgan fingerprint density at radius 3 is 2.38 bits per heavy atom. The predicted molar refractivity (Wildman–Crippen MR) is 56.8 cm³/mol. The van der Waals surface area contributed by atoms with Crippen molar-refractivity contribution < 1.29 is 0 Å². The second kappa shape index (κ2) is 3.24. The summed E-state index contributed by atoms with van der Waals surface area (Å²) in [6.07, 6.45) is 0. The third-order valence-electron chi connectivity index (χ3n) is 2.03. The molecule has 13 heavy (non-hydrogen) atoms. The lowest BCUT2D eigenvalue weighted by atomic mass is 10.1. The molecule has 2 aromatic rings. The third kappa shape index (κ3) is 1.34. The Kier molecular flexibility index (Phi) is 2.08. The van der Waals surface area contributed by atoms with E-state index in [0.29, 0.717) is 0 Å². The van der Waals surface area contributed by atoms with Gasteiger partial charge in [0.15, 0.2) is 0 Å². The minimum atomic E-state index is 0.745. The quantitative estimate of drug-likeness (QED) is 0.539. The van der Waals surface area contributed by atoms with Gasteiger partial charge in [0, 0.05) is 15.8 Å². The minimum absolute atomic E-state index is 0.745. The molecule has 0 aromatic heterocycles. The topological polar surface area (TPSA) is 38.0 Å². The van der Waals surface area contributed by atoms with E-state index < -0.39 is 0 Å². The predicted octanol–water partition coefficient (Wildman–Crippen LogP) is 2.78. The van der Waals surface area contributed by atoms with E-state index in [0.717, 1.165) is 21.5 Å². The van der Waals surface area contributed by atoms with Crippen molar-refractivity contribution in [2.45, 2.75) is 0 Å². The van der Waals surface area contributed by atoms with E-state index in [1.54, 1.807) is 0 Å². The van der Waals surface area contributed by atoms with Crippen molar-refractivity contribution in [2.24, 2.45) is 5.84 Å². The number of nitrogen functional groups attached to an aromatic ring is 1. The summed E-state index contributed by atoms with van der Waals surface area (Å²) in [5.41, 5.74) is 3.53. The van der Waals surface area contributed by atoms with Crippen LogP contribution in [0.2, 0.25) is 5.02 Å². The Morgan fingerprint density at radius 1 is 1.00 bits per heavy atom. The number of rotatable bonds is 1. The van der Waals surface area contributed by atoms with E-state index in [-0.39, 0.29) is 0 Å². The summed E-state index contributed by atoms with van der Waals surface area (Å²) in [5, 5.41) is 2.80. The van der Waals surface area contributed by atoms with Crippen molar-refractivity contribution in [1.82, 2.24) is 0 Å². The van der Waals surface area contributed by atoms with Gasteiger partial charge >= 0.3 is 0 Å². The number of halogens is 1. The number of nitrogens with one attached hydrogen (secondary N) is 1. The molecular formula is C10H9ClN2. The van der Waals surface area contributed by atoms with Gasteiger partial charge in [-0.1, -0.05) is 35.9 Å². The van der Waals surface area contributed by atoms with Crippen molar-refractivity contribution in [3.05, 3.63) is 41.4 Å². The second-order valence-corrected chi connectivity index (χ2v) is 3.19. The molecular weight excluding hydrogens is 184 g/mol. The van der Waals surface area contributed by atoms with Crippen LogP contribution in [0.15, 0.2) is 36.4 Å². The Bertz CT molecular complexity index is 440. The van der Waals surface area contributed by atoms with Crippen LogP contribution >= 0.6 is 11.6 Å². The second-order valence-electron chi connectivity index (χ2n) is 2.78. The van der Waals surface area contributed by atoms with E-state index in [2.05, 4.69) is 5.43 Å². The molecule has 0 atom stereocenters. The van der Waals surface area contributed by atoms with Crippen LogP contribution in [-0.4, -0.2) is 0 Å². The van der Waals surface area contributed by atoms with E-state index >= 15 is 0 Å². The molecule has 0 unspecified atom stereocenters. The Balaban J connectivity index is 2.84. The molecule has 0 fully saturated rings. The van der Waals surface area contributed by atoms with Gasteiger partial charge in [0.2, 0.25) is 0 Å². The third-order valence-corrected chi connectivity index (χ3v) is 2.36. The molecule has 0 saturated carbocycles. The van der Waals surface area contributed by atoms with Crippen molar-refractivity contribution in [2.75, 3.05) is 5.43 Å². The number of benzene rings is 2. The van der Waals surface area contributed by atoms with E-state index in [1.165, 1.54) is 0 Å². The molecule has 0 aliphatic heterocycles. The van der Waals surface area contributed by atoms with Gasteiger partial charge < -0.3 is 5.43 Å². The first kappa shape index (κ1) is 8.35. The first-order valence-electron chi connectivity index (χ1n) is 3.97. The summed E-state index contributed by atoms with van der Waals surface area (Å²) in [6, 6.07) is 11.6. The van der Waals surface area contributed by atoms with Gasteiger partial charge in [-0.2, -0.15) is 0 Å². The first-order valence-corrected chi connectivity index (χ1v) is 4.34. The summed E-state index contributed by atoms with van der Waals surface area (Å²) in [5.74, 6) is 5.37. The van der Waals surface area contributed by atoms with Crippen LogP contribution in [0, 0.1) is 0 Å². The van der Waals surface area contributed by atoms with Crippen LogP contribution in [0.5, 0.6) is 0 Å². The standard InChI is InChI=1S/C10H9ClN2/c11-9-5-6-10(13-12)8-4-2-1-3-7(8)9/h1-6,13H,12H2. The Labute approximate surface area is 81.3 Å². The highest BCUT2D eigenvalue weighted by molar-refractivity contribution is 6.36. The molecule has 3 heteroatoms. The average molecular weight is 193 g/mol. The minimum Gasteiger partial charge on any atom is -0.324 e. The Morgan fingerprint density at radius 2 is 1.69 bits per heavy atom. The van der Waals surface area contributed by atoms with Gasteiger partial charge in [0.05, 0.1) is 5.69 Å². The zero-order chi connectivity index (χ0) is 9.26. The van der Waals surface area contributed by atoms with Crippen molar-refractivity contribution in [3.8, 4) is 0 Å². The van der Waals surface area contributed by atoms with Crippen LogP contribution in [0.1, 0.15) is 0 Å². The van der Waals surface area contributed by atoms with Crippen molar-refractivity contribution in [1.29, 1.82) is 0 Å². The first-order chi connectivity index (χ1) is 6.33. The van der Waals surface area contributed by atoms with E-state index in [9.17, 15) is 0 Å². The van der Waals surface area contributed by atoms with Gasteiger partial charge in [-0.15, -0.1) is 0 Å². The van der Waals surface area contributed by atoms with Crippen LogP contribution in [0.3, 0.4) is 0 Å². The molecule has 0 aliphatic carbocycles. The van der Waals surface area contributed by atoms with Crippen LogP contribution in [-0.2, 0) is 0 Å². The normalized spacial score (nSPS) is 10.3. The largest absolute Gasteiger partial charge is 0.324 e. The Hall–Kier alpha value is -1.25. The number of hydrazine groups is 1. The fourth-order valence-corrected chi connectivity index (χ4v) is 1.62. The fourth-order valence-electron chi connectivity index (χ4n) is 1.39. The van der Waals surface area contributed by atoms with Gasteiger partial charge in [-0.25, -0.2) is 0 Å². The van der Waals surface area contributed by atoms with Gasteiger partial charge in [0.25, 0.3) is 0 Å². The molecule has 0 radical (unpaired) electrons. The molecule has 0 aliphatic rings. The van der Waals surface area contributed by atoms with Crippen molar-refractivity contribution >= 4 is 28.1 Å². The van der Waals surface area contributed by atoms with Crippen LogP contribution in [0.4, 0.5) is 5.69 Å². The maximum absolute atomic E-state index is 6.02. The number of anilines is 1. The monoisotopic (exact) mass is 192 g/mol. The highest BCUT2D eigenvalue weighted by atomic mass is 35.5. The number of hydrogen-bond donors (Lipinski definition) is 2. The van der Waals surface area contributed by atoms with E-state index in [4.69, 9.17) is 17.4 Å². The highest BCUT2D eigenvalue weighted by Crippen LogP contribution is 2.28. The highest BCUT2D eigenvalue weighted by Gasteiger charge is 2.01. The lowest BCUT2D eigenvalue weighted by Crippen LogP contribution is -2.06. The summed E-state index contributed by atoms with van der Waals surface area (Å²) >= 11 is 6.02. The molecule has 66 valence electrons. The smallest absolute Gasteiger partial charge is 0.0564 e. The molecule has 0 amide bonds. The number of fused-ring (bicyclic) bond motifs is 1. The molecule has 0 saturated heterocycles. The lowest BCUT2D eigenvalue weighted by molar-refractivity contribution is 1.37. The molecule has 0 bridgehead atoms. The lowest BCUT2D eigenvalue weighted by Gasteiger charge is -2.06. The van der Waals surface area contributed by atoms with Gasteiger partial charge in [0.1, 0.15) is 0 Å². The number of nitrogens with two attached hydrogens (primary N) is 1. The van der Waals surface area contributed by atoms with E-state index in [1.807, 2.05) is 36.4 Å². The maximum atomic E-state index is 6.02. The summed E-state index contributed by atoms with van der Waals surface area (Å²) in [6.45, 7) is 0. The molecule has 0 spiro atoms. The molecule has 2 nitrogen and oxygen atoms in total. The van der Waals surface area contributed by atoms with Gasteiger partial charge in [-0.05, 0) is 12.1 Å². The molecule has 3 N–H and O–H groups in total. The van der Waals surface area contributed by atoms with Gasteiger partial charge in [-0.3, -0.25) is 5.84 Å². The summed E-state index contributed by atoms with van der Waals surface area (Å²) in [7, 11) is 0. The molecule has 2 rings (SSSR count). The van der Waals surface area contributed by atoms with Crippen molar-refractivity contribution in [3.63, 3.8) is 0 Å². The molecule has 2 aromatic carbocycles. The number of hydrogen-bond acceptors (Lipinski definition) is 2. The molecule has 0 heterocycles. The fraction of sp³-hybridized carbons (Fsp3) is 0. The summed E-state index contributed by atoms with van der Waals surface area (Å²) < 4.78 is 0. The maximum Gasteiger partial charge on any atom is 0.0564 e. The summed E-state index contributed by atoms with van der Waals surface area (Å²) in [4.78, 5) is 0. The SMILES string of the molecule is NNc1ccc(Cl)c2ccccc12. The van der Waals surface area contributed by atoms with Crippen LogP contribution in [0.25, 0.3) is 10.8 Å². The zero-order valence-electron chi connectivity index (χ0n) is 6.92. The van der Waals surface area contributed by atoms with Crippen LogP contribution < -0.4 is 11.3 Å².